The van der Waals surface area contributed by atoms with Crippen LogP contribution in [0.2, 0.25) is 0 Å². The Morgan fingerprint density at radius 1 is 1.52 bits per heavy atom. The van der Waals surface area contributed by atoms with Crippen LogP contribution in [0, 0.1) is 0 Å². The number of hydrogen-bond acceptors (Lipinski definition) is 5. The van der Waals surface area contributed by atoms with Gasteiger partial charge in [-0.05, 0) is 33.0 Å². The fourth-order valence-electron chi connectivity index (χ4n) is 2.44. The van der Waals surface area contributed by atoms with Gasteiger partial charge in [0.05, 0.1) is 25.5 Å². The van der Waals surface area contributed by atoms with Crippen molar-refractivity contribution < 1.29 is 14.3 Å². The predicted molar refractivity (Wildman–Crippen MR) is 89.5 cm³/mol. The van der Waals surface area contributed by atoms with E-state index in [0.717, 1.165) is 26.2 Å². The second-order valence-electron chi connectivity index (χ2n) is 6.08. The van der Waals surface area contributed by atoms with Crippen LogP contribution in [0.15, 0.2) is 27.8 Å². The molecule has 0 amide bonds. The zero-order valence-corrected chi connectivity index (χ0v) is 14.2. The summed E-state index contributed by atoms with van der Waals surface area (Å²) in [5, 5.41) is 16.9. The molecule has 0 aromatic carbocycles. The zero-order valence-electron chi connectivity index (χ0n) is 14.2. The third-order valence-electron chi connectivity index (χ3n) is 3.78. The van der Waals surface area contributed by atoms with E-state index in [0.29, 0.717) is 18.3 Å². The molecule has 2 rings (SSSR count). The van der Waals surface area contributed by atoms with Crippen molar-refractivity contribution in [2.24, 2.45) is 4.99 Å². The van der Waals surface area contributed by atoms with Crippen LogP contribution in [-0.2, 0) is 10.3 Å². The number of ether oxygens (including phenoxy) is 1. The van der Waals surface area contributed by atoms with Crippen molar-refractivity contribution in [1.82, 2.24) is 15.5 Å². The molecular formula is C16H28N4O3. The van der Waals surface area contributed by atoms with Crippen molar-refractivity contribution in [3.8, 4) is 0 Å². The molecule has 0 aliphatic carbocycles. The molecule has 0 saturated carbocycles. The molecule has 0 spiro atoms. The number of guanidine groups is 1. The molecule has 2 atom stereocenters. The van der Waals surface area contributed by atoms with Crippen LogP contribution in [0.5, 0.6) is 0 Å². The van der Waals surface area contributed by atoms with E-state index in [4.69, 9.17) is 9.15 Å². The maximum Gasteiger partial charge on any atom is 0.191 e. The monoisotopic (exact) mass is 324 g/mol. The summed E-state index contributed by atoms with van der Waals surface area (Å²) in [5.74, 6) is 1.17. The summed E-state index contributed by atoms with van der Waals surface area (Å²) in [6.45, 7) is 7.96. The Labute approximate surface area is 137 Å². The Balaban J connectivity index is 1.89. The van der Waals surface area contributed by atoms with Gasteiger partial charge in [-0.25, -0.2) is 4.99 Å². The fourth-order valence-corrected chi connectivity index (χ4v) is 2.44. The number of rotatable bonds is 6. The Hall–Kier alpha value is -1.57. The predicted octanol–water partition coefficient (Wildman–Crippen LogP) is 0.373. The topological polar surface area (TPSA) is 82.3 Å². The maximum absolute atomic E-state index is 10.5. The van der Waals surface area contributed by atoms with Gasteiger partial charge in [-0.3, -0.25) is 0 Å². The number of nitrogens with one attached hydrogen (secondary N) is 2. The van der Waals surface area contributed by atoms with Crippen LogP contribution in [-0.4, -0.2) is 68.4 Å². The van der Waals surface area contributed by atoms with Gasteiger partial charge >= 0.3 is 0 Å². The van der Waals surface area contributed by atoms with E-state index < -0.39 is 5.60 Å². The highest BCUT2D eigenvalue weighted by Crippen LogP contribution is 2.20. The van der Waals surface area contributed by atoms with Gasteiger partial charge in [0.15, 0.2) is 5.96 Å². The first-order chi connectivity index (χ1) is 11.0. The first-order valence-corrected chi connectivity index (χ1v) is 8.10. The minimum Gasteiger partial charge on any atom is -0.466 e. The van der Waals surface area contributed by atoms with Crippen molar-refractivity contribution in [3.05, 3.63) is 24.2 Å². The molecule has 23 heavy (non-hydrogen) atoms. The smallest absolute Gasteiger partial charge is 0.191 e. The average Bonchev–Trinajstić information content (AvgIpc) is 3.05. The first kappa shape index (κ1) is 17.8. The highest BCUT2D eigenvalue weighted by Gasteiger charge is 2.26. The lowest BCUT2D eigenvalue weighted by molar-refractivity contribution is -0.0161. The summed E-state index contributed by atoms with van der Waals surface area (Å²) < 4.78 is 11.0. The normalized spacial score (nSPS) is 22.6. The van der Waals surface area contributed by atoms with Crippen LogP contribution < -0.4 is 10.6 Å². The number of aliphatic hydroxyl groups is 1. The van der Waals surface area contributed by atoms with Gasteiger partial charge < -0.3 is 29.8 Å². The second kappa shape index (κ2) is 8.33. The van der Waals surface area contributed by atoms with E-state index in [1.807, 2.05) is 6.92 Å². The summed E-state index contributed by atoms with van der Waals surface area (Å²) in [4.78, 5) is 6.71. The Bertz CT molecular complexity index is 488. The largest absolute Gasteiger partial charge is 0.466 e. The van der Waals surface area contributed by atoms with E-state index >= 15 is 0 Å². The lowest BCUT2D eigenvalue weighted by atomic mass is 10.0. The number of aliphatic imine (C=N–C) groups is 1. The van der Waals surface area contributed by atoms with Gasteiger partial charge in [-0.1, -0.05) is 0 Å². The van der Waals surface area contributed by atoms with Crippen LogP contribution >= 0.6 is 0 Å². The number of furan rings is 1. The number of likely N-dealkylation sites (N-methyl/N-ethyl adjacent to an activating group) is 1. The summed E-state index contributed by atoms with van der Waals surface area (Å²) in [7, 11) is 2.09. The molecule has 3 N–H and O–H groups in total. The van der Waals surface area contributed by atoms with E-state index in [1.54, 1.807) is 25.3 Å². The van der Waals surface area contributed by atoms with Gasteiger partial charge in [0, 0.05) is 26.2 Å². The molecule has 1 aromatic heterocycles. The standard InChI is InChI=1S/C16H28N4O3/c1-4-17-15(18-10-13-11-20(3)7-9-22-13)19-12-16(2,21)14-6-5-8-23-14/h5-6,8,13,21H,4,7,9-12H2,1-3H3,(H2,17,18,19). The van der Waals surface area contributed by atoms with Gasteiger partial charge in [0.25, 0.3) is 0 Å². The van der Waals surface area contributed by atoms with Crippen molar-refractivity contribution >= 4 is 5.96 Å². The number of nitrogens with zero attached hydrogens (tertiary/aromatic N) is 2. The second-order valence-corrected chi connectivity index (χ2v) is 6.08. The van der Waals surface area contributed by atoms with Crippen molar-refractivity contribution in [2.75, 3.05) is 46.4 Å². The van der Waals surface area contributed by atoms with Crippen LogP contribution in [0.1, 0.15) is 19.6 Å². The molecule has 0 radical (unpaired) electrons. The van der Waals surface area contributed by atoms with Crippen molar-refractivity contribution in [1.29, 1.82) is 0 Å². The highest BCUT2D eigenvalue weighted by molar-refractivity contribution is 5.79. The molecule has 2 unspecified atom stereocenters. The summed E-state index contributed by atoms with van der Waals surface area (Å²) in [6, 6.07) is 3.51. The third kappa shape index (κ3) is 5.53. The maximum atomic E-state index is 10.5. The molecule has 1 aromatic rings. The molecule has 1 aliphatic heterocycles. The molecule has 130 valence electrons. The van der Waals surface area contributed by atoms with E-state index in [-0.39, 0.29) is 12.6 Å². The first-order valence-electron chi connectivity index (χ1n) is 8.10. The van der Waals surface area contributed by atoms with Crippen LogP contribution in [0.3, 0.4) is 0 Å². The Morgan fingerprint density at radius 2 is 2.35 bits per heavy atom. The van der Waals surface area contributed by atoms with Crippen LogP contribution in [0.4, 0.5) is 0 Å². The lowest BCUT2D eigenvalue weighted by Crippen LogP contribution is -2.48. The summed E-state index contributed by atoms with van der Waals surface area (Å²) >= 11 is 0. The molecule has 7 nitrogen and oxygen atoms in total. The van der Waals surface area contributed by atoms with Crippen molar-refractivity contribution in [2.45, 2.75) is 25.6 Å². The Kier molecular flexibility index (Phi) is 6.44. The summed E-state index contributed by atoms with van der Waals surface area (Å²) in [6.07, 6.45) is 1.69. The molecule has 1 saturated heterocycles. The van der Waals surface area contributed by atoms with E-state index in [2.05, 4.69) is 27.6 Å². The number of morpholine rings is 1. The minimum absolute atomic E-state index is 0.142. The highest BCUT2D eigenvalue weighted by atomic mass is 16.5. The van der Waals surface area contributed by atoms with Gasteiger partial charge in [0.1, 0.15) is 11.4 Å². The van der Waals surface area contributed by atoms with E-state index in [1.165, 1.54) is 0 Å². The average molecular weight is 324 g/mol. The van der Waals surface area contributed by atoms with Gasteiger partial charge in [-0.2, -0.15) is 0 Å². The summed E-state index contributed by atoms with van der Waals surface area (Å²) in [5.41, 5.74) is -1.13. The minimum atomic E-state index is -1.13. The molecule has 1 fully saturated rings. The quantitative estimate of drug-likeness (QED) is 0.518. The molecule has 0 bridgehead atoms. The zero-order chi connectivity index (χ0) is 16.7. The Morgan fingerprint density at radius 3 is 3.00 bits per heavy atom. The fraction of sp³-hybridized carbons (Fsp3) is 0.688. The van der Waals surface area contributed by atoms with Crippen molar-refractivity contribution in [3.63, 3.8) is 0 Å². The molecule has 2 heterocycles. The molecular weight excluding hydrogens is 296 g/mol. The third-order valence-corrected chi connectivity index (χ3v) is 3.78. The molecule has 1 aliphatic rings. The van der Waals surface area contributed by atoms with Gasteiger partial charge in [-0.15, -0.1) is 0 Å². The van der Waals surface area contributed by atoms with Gasteiger partial charge in [0.2, 0.25) is 0 Å². The van der Waals surface area contributed by atoms with Crippen LogP contribution in [0.25, 0.3) is 0 Å². The lowest BCUT2D eigenvalue weighted by Gasteiger charge is -2.30. The van der Waals surface area contributed by atoms with E-state index in [9.17, 15) is 5.11 Å². The molecule has 7 heteroatoms. The number of hydrogen-bond donors (Lipinski definition) is 3. The SMILES string of the molecule is CCNC(=NCC(C)(O)c1ccco1)NCC1CN(C)CCO1.